The van der Waals surface area contributed by atoms with Crippen LogP contribution in [-0.2, 0) is 6.42 Å². The van der Waals surface area contributed by atoms with Gasteiger partial charge in [0.1, 0.15) is 5.82 Å². The summed E-state index contributed by atoms with van der Waals surface area (Å²) in [5.74, 6) is -0.204. The number of thiophene rings is 2. The fourth-order valence-electron chi connectivity index (χ4n) is 2.28. The van der Waals surface area contributed by atoms with Crippen molar-refractivity contribution in [2.24, 2.45) is 0 Å². The van der Waals surface area contributed by atoms with Crippen LogP contribution in [0.2, 0.25) is 0 Å². The van der Waals surface area contributed by atoms with Crippen LogP contribution < -0.4 is 5.32 Å². The van der Waals surface area contributed by atoms with Gasteiger partial charge in [-0.05, 0) is 47.5 Å². The molecule has 1 atom stereocenters. The van der Waals surface area contributed by atoms with Crippen LogP contribution >= 0.6 is 22.7 Å². The number of aryl methyl sites for hydroxylation is 1. The van der Waals surface area contributed by atoms with Gasteiger partial charge in [0, 0.05) is 21.9 Å². The normalized spacial score (nSPS) is 12.3. The van der Waals surface area contributed by atoms with E-state index in [4.69, 9.17) is 0 Å². The first-order valence-corrected chi connectivity index (χ1v) is 8.57. The molecule has 1 aromatic carbocycles. The molecule has 2 heterocycles. The summed E-state index contributed by atoms with van der Waals surface area (Å²) in [6, 6.07) is 13.5. The van der Waals surface area contributed by atoms with Crippen LogP contribution in [0.25, 0.3) is 0 Å². The highest BCUT2D eigenvalue weighted by molar-refractivity contribution is 7.10. The molecule has 0 aliphatic rings. The average molecular weight is 317 g/mol. The molecule has 0 aliphatic carbocycles. The smallest absolute Gasteiger partial charge is 0.125 e. The molecule has 3 rings (SSSR count). The minimum atomic E-state index is -0.204. The highest BCUT2D eigenvalue weighted by Gasteiger charge is 2.15. The van der Waals surface area contributed by atoms with Gasteiger partial charge in [0.25, 0.3) is 0 Å². The number of hydrogen-bond donors (Lipinski definition) is 1. The highest BCUT2D eigenvalue weighted by atomic mass is 32.1. The van der Waals surface area contributed by atoms with E-state index in [1.54, 1.807) is 28.7 Å². The molecule has 0 saturated heterocycles. The molecule has 0 aliphatic heterocycles. The fourth-order valence-corrected chi connectivity index (χ4v) is 3.81. The Morgan fingerprint density at radius 3 is 2.62 bits per heavy atom. The van der Waals surface area contributed by atoms with E-state index >= 15 is 0 Å². The first kappa shape index (κ1) is 14.3. The molecule has 0 radical (unpaired) electrons. The molecule has 1 nitrogen and oxygen atoms in total. The lowest BCUT2D eigenvalue weighted by molar-refractivity contribution is 0.627. The van der Waals surface area contributed by atoms with Crippen molar-refractivity contribution in [3.63, 3.8) is 0 Å². The Hall–Kier alpha value is -1.65. The van der Waals surface area contributed by atoms with Crippen molar-refractivity contribution in [3.05, 3.63) is 74.4 Å². The van der Waals surface area contributed by atoms with E-state index in [0.29, 0.717) is 0 Å². The van der Waals surface area contributed by atoms with Gasteiger partial charge in [-0.25, -0.2) is 4.39 Å². The molecule has 0 bridgehead atoms. The van der Waals surface area contributed by atoms with Gasteiger partial charge in [-0.2, -0.15) is 0 Å². The Balaban J connectivity index is 1.87. The topological polar surface area (TPSA) is 12.0 Å². The van der Waals surface area contributed by atoms with E-state index in [-0.39, 0.29) is 11.9 Å². The molecule has 4 heteroatoms. The van der Waals surface area contributed by atoms with Gasteiger partial charge in [0.2, 0.25) is 0 Å². The zero-order chi connectivity index (χ0) is 14.7. The van der Waals surface area contributed by atoms with Crippen molar-refractivity contribution in [1.29, 1.82) is 0 Å². The third-order valence-corrected chi connectivity index (χ3v) is 5.29. The second kappa shape index (κ2) is 6.41. The molecule has 21 heavy (non-hydrogen) atoms. The molecule has 0 saturated carbocycles. The molecule has 1 N–H and O–H groups in total. The Bertz CT molecular complexity index is 690. The van der Waals surface area contributed by atoms with E-state index in [2.05, 4.69) is 40.3 Å². The maximum atomic E-state index is 13.5. The van der Waals surface area contributed by atoms with Gasteiger partial charge in [0.05, 0.1) is 6.04 Å². The highest BCUT2D eigenvalue weighted by Crippen LogP contribution is 2.30. The number of nitrogens with one attached hydrogen (secondary N) is 1. The van der Waals surface area contributed by atoms with E-state index in [1.807, 2.05) is 13.0 Å². The molecule has 1 unspecified atom stereocenters. The second-order valence-electron chi connectivity index (χ2n) is 4.96. The minimum absolute atomic E-state index is 0.171. The summed E-state index contributed by atoms with van der Waals surface area (Å²) in [6.07, 6.45) is 0.911. The van der Waals surface area contributed by atoms with Crippen LogP contribution in [-0.4, -0.2) is 0 Å². The lowest BCUT2D eigenvalue weighted by atomic mass is 10.1. The molecule has 108 valence electrons. The zero-order valence-corrected chi connectivity index (χ0v) is 13.3. The number of anilines is 1. The van der Waals surface area contributed by atoms with Crippen LogP contribution in [0, 0.1) is 12.7 Å². The molecule has 0 spiro atoms. The maximum Gasteiger partial charge on any atom is 0.125 e. The van der Waals surface area contributed by atoms with Gasteiger partial charge in [0.15, 0.2) is 0 Å². The summed E-state index contributed by atoms with van der Waals surface area (Å²) in [4.78, 5) is 2.60. The zero-order valence-electron chi connectivity index (χ0n) is 11.7. The van der Waals surface area contributed by atoms with Crippen molar-refractivity contribution in [2.45, 2.75) is 19.4 Å². The predicted octanol–water partition coefficient (Wildman–Crippen LogP) is 5.65. The molecule has 2 aromatic heterocycles. The van der Waals surface area contributed by atoms with Crippen LogP contribution in [0.3, 0.4) is 0 Å². The Labute approximate surface area is 132 Å². The molecule has 0 fully saturated rings. The summed E-state index contributed by atoms with van der Waals surface area (Å²) in [7, 11) is 0. The number of rotatable bonds is 5. The molecular weight excluding hydrogens is 301 g/mol. The Morgan fingerprint density at radius 2 is 1.90 bits per heavy atom. The monoisotopic (exact) mass is 317 g/mol. The van der Waals surface area contributed by atoms with Gasteiger partial charge in [-0.15, -0.1) is 22.7 Å². The van der Waals surface area contributed by atoms with Crippen molar-refractivity contribution < 1.29 is 4.39 Å². The van der Waals surface area contributed by atoms with Crippen LogP contribution in [0.1, 0.15) is 21.4 Å². The van der Waals surface area contributed by atoms with Crippen LogP contribution in [0.5, 0.6) is 0 Å². The molecular formula is C17H16FNS2. The molecule has 3 aromatic rings. The minimum Gasteiger partial charge on any atom is -0.377 e. The van der Waals surface area contributed by atoms with E-state index in [9.17, 15) is 4.39 Å². The predicted molar refractivity (Wildman–Crippen MR) is 89.8 cm³/mol. The largest absolute Gasteiger partial charge is 0.377 e. The standard InChI is InChI=1S/C17H16FNS2/c1-12-6-7-13(18)10-15(12)19-16(17-5-3-9-21-17)11-14-4-2-8-20-14/h2-10,16,19H,11H2,1H3. The summed E-state index contributed by atoms with van der Waals surface area (Å²) >= 11 is 3.49. The van der Waals surface area contributed by atoms with E-state index < -0.39 is 0 Å². The average Bonchev–Trinajstić information content (AvgIpc) is 3.14. The van der Waals surface area contributed by atoms with Crippen LogP contribution in [0.4, 0.5) is 10.1 Å². The first-order valence-electron chi connectivity index (χ1n) is 6.81. The fraction of sp³-hybridized carbons (Fsp3) is 0.176. The van der Waals surface area contributed by atoms with Gasteiger partial charge in [-0.3, -0.25) is 0 Å². The molecule has 0 amide bonds. The van der Waals surface area contributed by atoms with Crippen molar-refractivity contribution >= 4 is 28.4 Å². The summed E-state index contributed by atoms with van der Waals surface area (Å²) < 4.78 is 13.5. The number of hydrogen-bond acceptors (Lipinski definition) is 3. The van der Waals surface area contributed by atoms with E-state index in [0.717, 1.165) is 17.7 Å². The second-order valence-corrected chi connectivity index (χ2v) is 6.97. The third-order valence-electron chi connectivity index (χ3n) is 3.40. The summed E-state index contributed by atoms with van der Waals surface area (Å²) in [6.45, 7) is 2.00. The third kappa shape index (κ3) is 3.52. The summed E-state index contributed by atoms with van der Waals surface area (Å²) in [5, 5.41) is 7.68. The van der Waals surface area contributed by atoms with Gasteiger partial charge >= 0.3 is 0 Å². The Kier molecular flexibility index (Phi) is 4.36. The SMILES string of the molecule is Cc1ccc(F)cc1NC(Cc1cccs1)c1cccs1. The number of benzene rings is 1. The first-order chi connectivity index (χ1) is 10.2. The van der Waals surface area contributed by atoms with Crippen molar-refractivity contribution in [1.82, 2.24) is 0 Å². The van der Waals surface area contributed by atoms with Crippen molar-refractivity contribution in [3.8, 4) is 0 Å². The van der Waals surface area contributed by atoms with Crippen LogP contribution in [0.15, 0.2) is 53.2 Å². The van der Waals surface area contributed by atoms with Gasteiger partial charge < -0.3 is 5.32 Å². The van der Waals surface area contributed by atoms with Gasteiger partial charge in [-0.1, -0.05) is 18.2 Å². The lowest BCUT2D eigenvalue weighted by Gasteiger charge is -2.20. The van der Waals surface area contributed by atoms with Crippen molar-refractivity contribution in [2.75, 3.05) is 5.32 Å². The maximum absolute atomic E-state index is 13.5. The quantitative estimate of drug-likeness (QED) is 0.641. The Morgan fingerprint density at radius 1 is 1.10 bits per heavy atom. The lowest BCUT2D eigenvalue weighted by Crippen LogP contribution is -2.12. The number of halogens is 1. The van der Waals surface area contributed by atoms with E-state index in [1.165, 1.54) is 15.8 Å². The summed E-state index contributed by atoms with van der Waals surface area (Å²) in [5.41, 5.74) is 1.93.